The van der Waals surface area contributed by atoms with Gasteiger partial charge in [-0.15, -0.1) is 0 Å². The van der Waals surface area contributed by atoms with E-state index in [1.807, 2.05) is 17.9 Å². The van der Waals surface area contributed by atoms with Crippen molar-refractivity contribution in [3.8, 4) is 0 Å². The topological polar surface area (TPSA) is 102 Å². The van der Waals surface area contributed by atoms with E-state index in [2.05, 4.69) is 5.32 Å². The summed E-state index contributed by atoms with van der Waals surface area (Å²) in [4.78, 5) is 23.4. The summed E-state index contributed by atoms with van der Waals surface area (Å²) >= 11 is 0. The number of hydrogen-bond donors (Lipinski definition) is 2. The zero-order valence-corrected chi connectivity index (χ0v) is 12.0. The third kappa shape index (κ3) is 4.42. The van der Waals surface area contributed by atoms with Crippen molar-refractivity contribution in [1.29, 1.82) is 0 Å². The lowest BCUT2D eigenvalue weighted by Gasteiger charge is -2.32. The Morgan fingerprint density at radius 3 is 2.67 bits per heavy atom. The minimum absolute atomic E-state index is 0.101. The first kappa shape index (κ1) is 15.2. The Morgan fingerprint density at radius 2 is 2.10 bits per heavy atom. The summed E-state index contributed by atoms with van der Waals surface area (Å²) in [5.74, 6) is -0.310. The maximum atomic E-state index is 10.9. The van der Waals surface area contributed by atoms with Crippen LogP contribution < -0.4 is 11.1 Å². The molecule has 0 saturated carbocycles. The molecule has 0 unspecified atom stereocenters. The van der Waals surface area contributed by atoms with E-state index in [-0.39, 0.29) is 22.6 Å². The first-order valence-corrected chi connectivity index (χ1v) is 6.97. The fraction of sp³-hybridized carbons (Fsp3) is 0.500. The van der Waals surface area contributed by atoms with E-state index >= 15 is 0 Å². The number of hydrogen-bond acceptors (Lipinski definition) is 5. The number of aryl methyl sites for hydroxylation is 1. The molecule has 0 aromatic heterocycles. The minimum Gasteiger partial charge on any atom is -0.382 e. The molecule has 0 radical (unpaired) electrons. The number of likely N-dealkylation sites (tertiary alicyclic amines) is 1. The van der Waals surface area contributed by atoms with Gasteiger partial charge in [-0.05, 0) is 31.4 Å². The Morgan fingerprint density at radius 1 is 1.43 bits per heavy atom. The Bertz CT molecular complexity index is 539. The first-order valence-electron chi connectivity index (χ1n) is 6.97. The predicted octanol–water partition coefficient (Wildman–Crippen LogP) is 1.26. The van der Waals surface area contributed by atoms with Gasteiger partial charge in [0, 0.05) is 37.0 Å². The molecule has 0 spiro atoms. The molecule has 7 heteroatoms. The van der Waals surface area contributed by atoms with Gasteiger partial charge >= 0.3 is 0 Å². The standard InChI is InChI=1S/C14H20N4O3/c1-10-6-12(8-13(7-10)18(20)21)16-11-2-4-17(5-3-11)9-14(15)19/h6-8,11,16H,2-5,9H2,1H3,(H2,15,19). The number of nitro groups is 1. The maximum Gasteiger partial charge on any atom is 0.271 e. The van der Waals surface area contributed by atoms with Crippen LogP contribution in [0, 0.1) is 17.0 Å². The van der Waals surface area contributed by atoms with E-state index in [1.165, 1.54) is 0 Å². The molecular weight excluding hydrogens is 272 g/mol. The molecule has 3 N–H and O–H groups in total. The highest BCUT2D eigenvalue weighted by Crippen LogP contribution is 2.23. The van der Waals surface area contributed by atoms with Crippen molar-refractivity contribution in [3.63, 3.8) is 0 Å². The molecule has 1 fully saturated rings. The number of anilines is 1. The van der Waals surface area contributed by atoms with Crippen LogP contribution in [0.4, 0.5) is 11.4 Å². The van der Waals surface area contributed by atoms with Crippen LogP contribution in [0.2, 0.25) is 0 Å². The molecular formula is C14H20N4O3. The second kappa shape index (κ2) is 6.53. The van der Waals surface area contributed by atoms with E-state index in [9.17, 15) is 14.9 Å². The van der Waals surface area contributed by atoms with Crippen LogP contribution in [0.1, 0.15) is 18.4 Å². The summed E-state index contributed by atoms with van der Waals surface area (Å²) < 4.78 is 0. The van der Waals surface area contributed by atoms with Crippen molar-refractivity contribution in [3.05, 3.63) is 33.9 Å². The van der Waals surface area contributed by atoms with Crippen molar-refractivity contribution in [2.75, 3.05) is 25.0 Å². The van der Waals surface area contributed by atoms with Crippen LogP contribution in [0.25, 0.3) is 0 Å². The number of nitrogens with zero attached hydrogens (tertiary/aromatic N) is 2. The number of primary amides is 1. The summed E-state index contributed by atoms with van der Waals surface area (Å²) in [6.07, 6.45) is 1.77. The molecule has 21 heavy (non-hydrogen) atoms. The van der Waals surface area contributed by atoms with Crippen LogP contribution in [0.3, 0.4) is 0 Å². The molecule has 2 rings (SSSR count). The Balaban J connectivity index is 1.94. The number of nitrogens with one attached hydrogen (secondary N) is 1. The van der Waals surface area contributed by atoms with E-state index < -0.39 is 0 Å². The lowest BCUT2D eigenvalue weighted by atomic mass is 10.0. The number of carbonyl (C=O) groups is 1. The number of piperidine rings is 1. The molecule has 1 aliphatic heterocycles. The van der Waals surface area contributed by atoms with Gasteiger partial charge in [-0.25, -0.2) is 0 Å². The average molecular weight is 292 g/mol. The van der Waals surface area contributed by atoms with Gasteiger partial charge in [-0.1, -0.05) is 0 Å². The van der Waals surface area contributed by atoms with Gasteiger partial charge in [0.1, 0.15) is 0 Å². The number of benzene rings is 1. The maximum absolute atomic E-state index is 10.9. The largest absolute Gasteiger partial charge is 0.382 e. The van der Waals surface area contributed by atoms with E-state index in [1.54, 1.807) is 12.1 Å². The molecule has 0 atom stereocenters. The SMILES string of the molecule is Cc1cc(NC2CCN(CC(N)=O)CC2)cc([N+](=O)[O-])c1. The highest BCUT2D eigenvalue weighted by atomic mass is 16.6. The van der Waals surface area contributed by atoms with E-state index in [0.29, 0.717) is 6.54 Å². The lowest BCUT2D eigenvalue weighted by Crippen LogP contribution is -2.42. The van der Waals surface area contributed by atoms with E-state index in [4.69, 9.17) is 5.73 Å². The van der Waals surface area contributed by atoms with Gasteiger partial charge in [0.05, 0.1) is 11.5 Å². The molecule has 1 aromatic carbocycles. The molecule has 1 saturated heterocycles. The van der Waals surface area contributed by atoms with Crippen molar-refractivity contribution in [1.82, 2.24) is 4.90 Å². The number of non-ortho nitro benzene ring substituents is 1. The number of rotatable bonds is 5. The van der Waals surface area contributed by atoms with Crippen LogP contribution in [0.5, 0.6) is 0 Å². The van der Waals surface area contributed by atoms with Gasteiger partial charge in [-0.2, -0.15) is 0 Å². The molecule has 1 heterocycles. The van der Waals surface area contributed by atoms with Gasteiger partial charge in [-0.3, -0.25) is 19.8 Å². The Kier molecular flexibility index (Phi) is 4.74. The number of carbonyl (C=O) groups excluding carboxylic acids is 1. The van der Waals surface area contributed by atoms with Gasteiger partial charge < -0.3 is 11.1 Å². The fourth-order valence-electron chi connectivity index (χ4n) is 2.64. The zero-order chi connectivity index (χ0) is 15.4. The summed E-state index contributed by atoms with van der Waals surface area (Å²) in [6, 6.07) is 5.28. The summed E-state index contributed by atoms with van der Waals surface area (Å²) in [6.45, 7) is 3.74. The molecule has 7 nitrogen and oxygen atoms in total. The number of nitrogens with two attached hydrogens (primary N) is 1. The quantitative estimate of drug-likeness (QED) is 0.628. The Hall–Kier alpha value is -2.15. The zero-order valence-electron chi connectivity index (χ0n) is 12.0. The normalized spacial score (nSPS) is 16.6. The number of amides is 1. The third-order valence-corrected chi connectivity index (χ3v) is 3.61. The second-order valence-electron chi connectivity index (χ2n) is 5.48. The summed E-state index contributed by atoms with van der Waals surface area (Å²) in [7, 11) is 0. The van der Waals surface area contributed by atoms with Crippen molar-refractivity contribution < 1.29 is 9.72 Å². The molecule has 0 bridgehead atoms. The van der Waals surface area contributed by atoms with Crippen molar-refractivity contribution >= 4 is 17.3 Å². The third-order valence-electron chi connectivity index (χ3n) is 3.61. The molecule has 0 aliphatic carbocycles. The van der Waals surface area contributed by atoms with Crippen LogP contribution in [-0.4, -0.2) is 41.4 Å². The lowest BCUT2D eigenvalue weighted by molar-refractivity contribution is -0.384. The fourth-order valence-corrected chi connectivity index (χ4v) is 2.64. The monoisotopic (exact) mass is 292 g/mol. The molecule has 1 aliphatic rings. The van der Waals surface area contributed by atoms with Crippen LogP contribution >= 0.6 is 0 Å². The second-order valence-corrected chi connectivity index (χ2v) is 5.48. The van der Waals surface area contributed by atoms with Gasteiger partial charge in [0.15, 0.2) is 0 Å². The number of nitro benzene ring substituents is 1. The first-order chi connectivity index (χ1) is 9.94. The molecule has 114 valence electrons. The Labute approximate surface area is 123 Å². The summed E-state index contributed by atoms with van der Waals surface area (Å²) in [5.41, 5.74) is 6.92. The highest BCUT2D eigenvalue weighted by Gasteiger charge is 2.20. The predicted molar refractivity (Wildman–Crippen MR) is 80.1 cm³/mol. The molecule has 1 aromatic rings. The molecule has 1 amide bonds. The van der Waals surface area contributed by atoms with Gasteiger partial charge in [0.2, 0.25) is 5.91 Å². The van der Waals surface area contributed by atoms with Crippen molar-refractivity contribution in [2.24, 2.45) is 5.73 Å². The van der Waals surface area contributed by atoms with Crippen LogP contribution in [-0.2, 0) is 4.79 Å². The van der Waals surface area contributed by atoms with Crippen LogP contribution in [0.15, 0.2) is 18.2 Å². The van der Waals surface area contributed by atoms with Gasteiger partial charge in [0.25, 0.3) is 5.69 Å². The van der Waals surface area contributed by atoms with E-state index in [0.717, 1.165) is 37.2 Å². The highest BCUT2D eigenvalue weighted by molar-refractivity contribution is 5.75. The summed E-state index contributed by atoms with van der Waals surface area (Å²) in [5, 5.41) is 14.2. The minimum atomic E-state index is -0.381. The average Bonchev–Trinajstić information content (AvgIpc) is 2.39. The smallest absolute Gasteiger partial charge is 0.271 e. The van der Waals surface area contributed by atoms with Crippen molar-refractivity contribution in [2.45, 2.75) is 25.8 Å².